The quantitative estimate of drug-likeness (QED) is 0.831. The van der Waals surface area contributed by atoms with Crippen molar-refractivity contribution in [3.05, 3.63) is 70.2 Å². The molecule has 3 rings (SSSR count). The number of carbonyl (C=O) groups is 2. The molecule has 130 valence electrons. The van der Waals surface area contributed by atoms with Crippen LogP contribution in [0.1, 0.15) is 35.6 Å². The standard InChI is InChI=1S/C20H20ClNO3/c21-16-10-8-14(9-11-16)12-20(24)25-13-19(23)22-18-7-3-5-15-4-1-2-6-17(15)18/h1-2,4,6,8-11,18H,3,5,7,12-13H2,(H,22,23)/t18-/m1/s1. The van der Waals surface area contributed by atoms with E-state index in [4.69, 9.17) is 16.3 Å². The zero-order valence-corrected chi connectivity index (χ0v) is 14.6. The lowest BCUT2D eigenvalue weighted by Crippen LogP contribution is -2.34. The van der Waals surface area contributed by atoms with Gasteiger partial charge in [0.25, 0.3) is 5.91 Å². The Bertz CT molecular complexity index is 758. The number of esters is 1. The summed E-state index contributed by atoms with van der Waals surface area (Å²) in [5, 5.41) is 3.58. The lowest BCUT2D eigenvalue weighted by molar-refractivity contribution is -0.148. The molecule has 0 bridgehead atoms. The summed E-state index contributed by atoms with van der Waals surface area (Å²) >= 11 is 5.81. The van der Waals surface area contributed by atoms with Gasteiger partial charge in [0.1, 0.15) is 0 Å². The molecule has 25 heavy (non-hydrogen) atoms. The number of fused-ring (bicyclic) bond motifs is 1. The highest BCUT2D eigenvalue weighted by molar-refractivity contribution is 6.30. The molecule has 1 amide bonds. The molecule has 0 aliphatic heterocycles. The Morgan fingerprint density at radius 3 is 2.68 bits per heavy atom. The number of hydrogen-bond acceptors (Lipinski definition) is 3. The van der Waals surface area contributed by atoms with Crippen LogP contribution in [0.4, 0.5) is 0 Å². The molecule has 1 aliphatic carbocycles. The molecule has 1 aliphatic rings. The Balaban J connectivity index is 1.48. The van der Waals surface area contributed by atoms with E-state index in [1.807, 2.05) is 18.2 Å². The van der Waals surface area contributed by atoms with E-state index in [0.717, 1.165) is 30.4 Å². The van der Waals surface area contributed by atoms with Crippen LogP contribution in [0.2, 0.25) is 5.02 Å². The third-order valence-corrected chi connectivity index (χ3v) is 4.58. The van der Waals surface area contributed by atoms with E-state index in [2.05, 4.69) is 11.4 Å². The Morgan fingerprint density at radius 1 is 1.12 bits per heavy atom. The van der Waals surface area contributed by atoms with Crippen molar-refractivity contribution in [2.75, 3.05) is 6.61 Å². The van der Waals surface area contributed by atoms with Gasteiger partial charge in [0, 0.05) is 5.02 Å². The first-order valence-electron chi connectivity index (χ1n) is 8.39. The predicted octanol–water partition coefficient (Wildman–Crippen LogP) is 3.62. The second-order valence-electron chi connectivity index (χ2n) is 6.18. The molecule has 2 aromatic rings. The van der Waals surface area contributed by atoms with E-state index in [-0.39, 0.29) is 25.0 Å². The molecule has 0 saturated heterocycles. The molecule has 0 unspecified atom stereocenters. The largest absolute Gasteiger partial charge is 0.455 e. The van der Waals surface area contributed by atoms with Gasteiger partial charge in [0.15, 0.2) is 6.61 Å². The zero-order chi connectivity index (χ0) is 17.6. The van der Waals surface area contributed by atoms with Crippen molar-refractivity contribution < 1.29 is 14.3 Å². The molecule has 1 atom stereocenters. The Kier molecular flexibility index (Phi) is 5.71. The topological polar surface area (TPSA) is 55.4 Å². The Morgan fingerprint density at radius 2 is 1.88 bits per heavy atom. The SMILES string of the molecule is O=C(COC(=O)Cc1ccc(Cl)cc1)N[C@@H]1CCCc2ccccc21. The van der Waals surface area contributed by atoms with Crippen LogP contribution in [-0.4, -0.2) is 18.5 Å². The molecule has 0 heterocycles. The van der Waals surface area contributed by atoms with E-state index in [9.17, 15) is 9.59 Å². The van der Waals surface area contributed by atoms with Crippen molar-refractivity contribution in [1.82, 2.24) is 5.32 Å². The van der Waals surface area contributed by atoms with Crippen molar-refractivity contribution in [2.45, 2.75) is 31.7 Å². The minimum absolute atomic E-state index is 0.00702. The third kappa shape index (κ3) is 4.83. The van der Waals surface area contributed by atoms with Crippen molar-refractivity contribution in [1.29, 1.82) is 0 Å². The maximum atomic E-state index is 12.1. The highest BCUT2D eigenvalue weighted by Crippen LogP contribution is 2.29. The maximum absolute atomic E-state index is 12.1. The minimum atomic E-state index is -0.429. The first-order valence-corrected chi connectivity index (χ1v) is 8.77. The second-order valence-corrected chi connectivity index (χ2v) is 6.61. The monoisotopic (exact) mass is 357 g/mol. The van der Waals surface area contributed by atoms with Gasteiger partial charge in [0.2, 0.25) is 0 Å². The van der Waals surface area contributed by atoms with Gasteiger partial charge in [-0.1, -0.05) is 48.0 Å². The molecule has 0 fully saturated rings. The zero-order valence-electron chi connectivity index (χ0n) is 13.8. The molecule has 5 heteroatoms. The van der Waals surface area contributed by atoms with Crippen molar-refractivity contribution >= 4 is 23.5 Å². The van der Waals surface area contributed by atoms with E-state index in [0.29, 0.717) is 5.02 Å². The molecule has 0 radical (unpaired) electrons. The van der Waals surface area contributed by atoms with Crippen LogP contribution >= 0.6 is 11.6 Å². The number of nitrogens with one attached hydrogen (secondary N) is 1. The first-order chi connectivity index (χ1) is 12.1. The van der Waals surface area contributed by atoms with Crippen molar-refractivity contribution in [3.8, 4) is 0 Å². The molecular formula is C20H20ClNO3. The normalized spacial score (nSPS) is 16.0. The number of aryl methyl sites for hydroxylation is 1. The van der Waals surface area contributed by atoms with Gasteiger partial charge in [-0.25, -0.2) is 0 Å². The summed E-state index contributed by atoms with van der Waals surface area (Å²) in [6.45, 7) is -0.259. The number of amides is 1. The first kappa shape index (κ1) is 17.5. The van der Waals surface area contributed by atoms with E-state index in [1.54, 1.807) is 24.3 Å². The Labute approximate surface area is 152 Å². The van der Waals surface area contributed by atoms with Gasteiger partial charge >= 0.3 is 5.97 Å². The average molecular weight is 358 g/mol. The van der Waals surface area contributed by atoms with Gasteiger partial charge < -0.3 is 10.1 Å². The highest BCUT2D eigenvalue weighted by Gasteiger charge is 2.21. The van der Waals surface area contributed by atoms with Crippen LogP contribution in [0.5, 0.6) is 0 Å². The molecule has 2 aromatic carbocycles. The summed E-state index contributed by atoms with van der Waals surface area (Å²) in [6, 6.07) is 15.1. The minimum Gasteiger partial charge on any atom is -0.455 e. The van der Waals surface area contributed by atoms with Gasteiger partial charge in [-0.3, -0.25) is 9.59 Å². The summed E-state index contributed by atoms with van der Waals surface area (Å²) < 4.78 is 5.08. The number of rotatable bonds is 5. The average Bonchev–Trinajstić information content (AvgIpc) is 2.62. The number of benzene rings is 2. The van der Waals surface area contributed by atoms with Crippen LogP contribution in [0, 0.1) is 0 Å². The Hall–Kier alpha value is -2.33. The van der Waals surface area contributed by atoms with Gasteiger partial charge in [-0.15, -0.1) is 0 Å². The van der Waals surface area contributed by atoms with Gasteiger partial charge in [-0.05, 0) is 48.1 Å². The molecule has 1 N–H and O–H groups in total. The molecule has 0 saturated carbocycles. The van der Waals surface area contributed by atoms with E-state index in [1.165, 1.54) is 5.56 Å². The smallest absolute Gasteiger partial charge is 0.310 e. The number of carbonyl (C=O) groups excluding carboxylic acids is 2. The molecule has 0 spiro atoms. The lowest BCUT2D eigenvalue weighted by Gasteiger charge is -2.26. The summed E-state index contributed by atoms with van der Waals surface area (Å²) in [7, 11) is 0. The van der Waals surface area contributed by atoms with Gasteiger partial charge in [0.05, 0.1) is 12.5 Å². The predicted molar refractivity (Wildman–Crippen MR) is 96.4 cm³/mol. The summed E-state index contributed by atoms with van der Waals surface area (Å²) in [6.07, 6.45) is 3.11. The van der Waals surface area contributed by atoms with Crippen LogP contribution in [0.15, 0.2) is 48.5 Å². The summed E-state index contributed by atoms with van der Waals surface area (Å²) in [5.74, 6) is -0.701. The van der Waals surface area contributed by atoms with Crippen LogP contribution in [0.25, 0.3) is 0 Å². The maximum Gasteiger partial charge on any atom is 0.310 e. The molecular weight excluding hydrogens is 338 g/mol. The lowest BCUT2D eigenvalue weighted by atomic mass is 9.88. The molecule has 4 nitrogen and oxygen atoms in total. The number of ether oxygens (including phenoxy) is 1. The van der Waals surface area contributed by atoms with Crippen molar-refractivity contribution in [3.63, 3.8) is 0 Å². The fraction of sp³-hybridized carbons (Fsp3) is 0.300. The second kappa shape index (κ2) is 8.17. The van der Waals surface area contributed by atoms with Crippen LogP contribution in [0.3, 0.4) is 0 Å². The van der Waals surface area contributed by atoms with Gasteiger partial charge in [-0.2, -0.15) is 0 Å². The number of hydrogen-bond donors (Lipinski definition) is 1. The summed E-state index contributed by atoms with van der Waals surface area (Å²) in [5.41, 5.74) is 3.24. The van der Waals surface area contributed by atoms with E-state index >= 15 is 0 Å². The summed E-state index contributed by atoms with van der Waals surface area (Å²) in [4.78, 5) is 24.0. The third-order valence-electron chi connectivity index (χ3n) is 4.33. The van der Waals surface area contributed by atoms with Crippen molar-refractivity contribution in [2.24, 2.45) is 0 Å². The number of halogens is 1. The highest BCUT2D eigenvalue weighted by atomic mass is 35.5. The fourth-order valence-electron chi connectivity index (χ4n) is 3.11. The van der Waals surface area contributed by atoms with Crippen LogP contribution < -0.4 is 5.32 Å². The fourth-order valence-corrected chi connectivity index (χ4v) is 3.23. The molecule has 0 aromatic heterocycles. The van der Waals surface area contributed by atoms with Crippen LogP contribution in [-0.2, 0) is 27.2 Å². The van der Waals surface area contributed by atoms with E-state index < -0.39 is 5.97 Å².